The molecule has 0 aromatic carbocycles. The maximum Gasteiger partial charge on any atom is 0.317 e. The minimum absolute atomic E-state index is 0.174. The summed E-state index contributed by atoms with van der Waals surface area (Å²) in [6.45, 7) is 2.93. The molecule has 3 fully saturated rings. The highest BCUT2D eigenvalue weighted by Crippen LogP contribution is 2.32. The molecule has 1 aromatic rings. The Morgan fingerprint density at radius 2 is 2.00 bits per heavy atom. The molecular formula is C18H26N4O. The molecule has 2 aliphatic heterocycles. The van der Waals surface area contributed by atoms with Crippen LogP contribution in [0.4, 0.5) is 4.79 Å². The molecule has 2 amide bonds. The zero-order valence-electron chi connectivity index (χ0n) is 13.7. The number of likely N-dealkylation sites (tertiary alicyclic amines) is 2. The molecule has 3 aliphatic rings. The fourth-order valence-electron chi connectivity index (χ4n) is 4.58. The Morgan fingerprint density at radius 1 is 1.17 bits per heavy atom. The second kappa shape index (κ2) is 6.48. The van der Waals surface area contributed by atoms with Crippen LogP contribution in [0.5, 0.6) is 0 Å². The van der Waals surface area contributed by atoms with E-state index in [2.05, 4.69) is 26.2 Å². The first-order chi connectivity index (χ1) is 11.3. The van der Waals surface area contributed by atoms with Crippen LogP contribution in [0.15, 0.2) is 24.5 Å². The van der Waals surface area contributed by atoms with Gasteiger partial charge in [-0.3, -0.25) is 9.88 Å². The largest absolute Gasteiger partial charge is 0.335 e. The lowest BCUT2D eigenvalue weighted by Gasteiger charge is -2.27. The van der Waals surface area contributed by atoms with Crippen LogP contribution in [0.2, 0.25) is 0 Å². The van der Waals surface area contributed by atoms with Gasteiger partial charge >= 0.3 is 6.03 Å². The number of carbonyl (C=O) groups excluding carboxylic acids is 1. The maximum atomic E-state index is 12.6. The van der Waals surface area contributed by atoms with Gasteiger partial charge in [-0.25, -0.2) is 4.79 Å². The number of hydrogen-bond acceptors (Lipinski definition) is 3. The Labute approximate surface area is 138 Å². The zero-order chi connectivity index (χ0) is 15.6. The SMILES string of the molecule is O=C(NC1CCCC1)N1CC[C@@H]2[C@@H]1CCN2Cc1cccnc1. The number of hydrogen-bond donors (Lipinski definition) is 1. The summed E-state index contributed by atoms with van der Waals surface area (Å²) >= 11 is 0. The normalized spacial score (nSPS) is 28.3. The molecular weight excluding hydrogens is 288 g/mol. The maximum absolute atomic E-state index is 12.6. The van der Waals surface area contributed by atoms with E-state index in [1.807, 2.05) is 18.5 Å². The van der Waals surface area contributed by atoms with Crippen LogP contribution in [0.25, 0.3) is 0 Å². The Balaban J connectivity index is 1.36. The number of nitrogens with one attached hydrogen (secondary N) is 1. The van der Waals surface area contributed by atoms with Crippen molar-refractivity contribution in [2.75, 3.05) is 13.1 Å². The van der Waals surface area contributed by atoms with Gasteiger partial charge in [-0.1, -0.05) is 18.9 Å². The van der Waals surface area contributed by atoms with Crippen LogP contribution in [0.3, 0.4) is 0 Å². The summed E-state index contributed by atoms with van der Waals surface area (Å²) in [5.74, 6) is 0. The molecule has 0 radical (unpaired) electrons. The molecule has 1 N–H and O–H groups in total. The van der Waals surface area contributed by atoms with Crippen molar-refractivity contribution in [2.45, 2.75) is 63.2 Å². The molecule has 2 atom stereocenters. The summed E-state index contributed by atoms with van der Waals surface area (Å²) in [4.78, 5) is 21.4. The minimum atomic E-state index is 0.174. The molecule has 0 unspecified atom stereocenters. The third-order valence-corrected chi connectivity index (χ3v) is 5.74. The van der Waals surface area contributed by atoms with Crippen molar-refractivity contribution in [3.05, 3.63) is 30.1 Å². The van der Waals surface area contributed by atoms with Gasteiger partial charge in [-0.15, -0.1) is 0 Å². The molecule has 2 saturated heterocycles. The zero-order valence-corrected chi connectivity index (χ0v) is 13.7. The van der Waals surface area contributed by atoms with Crippen molar-refractivity contribution in [3.63, 3.8) is 0 Å². The second-order valence-electron chi connectivity index (χ2n) is 7.17. The first-order valence-corrected chi connectivity index (χ1v) is 9.01. The smallest absolute Gasteiger partial charge is 0.317 e. The van der Waals surface area contributed by atoms with E-state index in [4.69, 9.17) is 0 Å². The monoisotopic (exact) mass is 314 g/mol. The lowest BCUT2D eigenvalue weighted by Crippen LogP contribution is -2.47. The molecule has 1 aromatic heterocycles. The fraction of sp³-hybridized carbons (Fsp3) is 0.667. The third kappa shape index (κ3) is 3.07. The Hall–Kier alpha value is -1.62. The molecule has 5 heteroatoms. The van der Waals surface area contributed by atoms with Gasteiger partial charge in [0.1, 0.15) is 0 Å². The van der Waals surface area contributed by atoms with Gasteiger partial charge in [0.2, 0.25) is 0 Å². The van der Waals surface area contributed by atoms with Gasteiger partial charge in [-0.2, -0.15) is 0 Å². The number of carbonyl (C=O) groups is 1. The van der Waals surface area contributed by atoms with Crippen molar-refractivity contribution in [1.82, 2.24) is 20.1 Å². The van der Waals surface area contributed by atoms with E-state index in [9.17, 15) is 4.79 Å². The first kappa shape index (κ1) is 14.9. The van der Waals surface area contributed by atoms with E-state index >= 15 is 0 Å². The van der Waals surface area contributed by atoms with E-state index < -0.39 is 0 Å². The predicted octanol–water partition coefficient (Wildman–Crippen LogP) is 2.38. The fourth-order valence-corrected chi connectivity index (χ4v) is 4.58. The number of aromatic nitrogens is 1. The lowest BCUT2D eigenvalue weighted by atomic mass is 10.1. The number of amides is 2. The van der Waals surface area contributed by atoms with E-state index in [1.165, 1.54) is 18.4 Å². The topological polar surface area (TPSA) is 48.5 Å². The van der Waals surface area contributed by atoms with E-state index in [1.54, 1.807) is 0 Å². The van der Waals surface area contributed by atoms with Crippen LogP contribution >= 0.6 is 0 Å². The predicted molar refractivity (Wildman–Crippen MR) is 89.0 cm³/mol. The highest BCUT2D eigenvalue weighted by molar-refractivity contribution is 5.75. The number of fused-ring (bicyclic) bond motifs is 1. The van der Waals surface area contributed by atoms with Gasteiger partial charge in [0.25, 0.3) is 0 Å². The second-order valence-corrected chi connectivity index (χ2v) is 7.17. The number of urea groups is 1. The van der Waals surface area contributed by atoms with E-state index in [0.29, 0.717) is 18.1 Å². The summed E-state index contributed by atoms with van der Waals surface area (Å²) in [6, 6.07) is 5.64. The average Bonchev–Trinajstić information content (AvgIpc) is 3.27. The van der Waals surface area contributed by atoms with Gasteiger partial charge in [-0.05, 0) is 37.3 Å². The highest BCUT2D eigenvalue weighted by atomic mass is 16.2. The van der Waals surface area contributed by atoms with Crippen molar-refractivity contribution in [1.29, 1.82) is 0 Å². The number of nitrogens with zero attached hydrogens (tertiary/aromatic N) is 3. The molecule has 23 heavy (non-hydrogen) atoms. The van der Waals surface area contributed by atoms with E-state index in [-0.39, 0.29) is 6.03 Å². The van der Waals surface area contributed by atoms with Crippen molar-refractivity contribution < 1.29 is 4.79 Å². The average molecular weight is 314 g/mol. The van der Waals surface area contributed by atoms with Gasteiger partial charge in [0.15, 0.2) is 0 Å². The first-order valence-electron chi connectivity index (χ1n) is 9.01. The van der Waals surface area contributed by atoms with Gasteiger partial charge in [0.05, 0.1) is 6.04 Å². The van der Waals surface area contributed by atoms with Crippen LogP contribution in [0.1, 0.15) is 44.1 Å². The molecule has 1 aliphatic carbocycles. The van der Waals surface area contributed by atoms with Gasteiger partial charge in [0, 0.05) is 44.1 Å². The molecule has 3 heterocycles. The highest BCUT2D eigenvalue weighted by Gasteiger charge is 2.44. The molecule has 0 spiro atoms. The lowest BCUT2D eigenvalue weighted by molar-refractivity contribution is 0.184. The standard InChI is InChI=1S/C18H26N4O/c23-18(20-15-5-1-2-6-15)22-11-8-16-17(22)7-10-21(16)13-14-4-3-9-19-12-14/h3-4,9,12,15-17H,1-2,5-8,10-11,13H2,(H,20,23)/t16-,17+/m1/s1. The minimum Gasteiger partial charge on any atom is -0.335 e. The Morgan fingerprint density at radius 3 is 2.78 bits per heavy atom. The summed E-state index contributed by atoms with van der Waals surface area (Å²) in [5.41, 5.74) is 1.27. The van der Waals surface area contributed by atoms with Crippen molar-refractivity contribution in [2.24, 2.45) is 0 Å². The van der Waals surface area contributed by atoms with Gasteiger partial charge < -0.3 is 10.2 Å². The number of pyridine rings is 1. The van der Waals surface area contributed by atoms with E-state index in [0.717, 1.165) is 45.3 Å². The molecule has 124 valence electrons. The molecule has 5 nitrogen and oxygen atoms in total. The van der Waals surface area contributed by atoms with Crippen LogP contribution in [-0.4, -0.2) is 52.0 Å². The van der Waals surface area contributed by atoms with Crippen LogP contribution in [0, 0.1) is 0 Å². The van der Waals surface area contributed by atoms with Crippen molar-refractivity contribution >= 4 is 6.03 Å². The molecule has 4 rings (SSSR count). The Bertz CT molecular complexity index is 543. The summed E-state index contributed by atoms with van der Waals surface area (Å²) < 4.78 is 0. The number of rotatable bonds is 3. The summed E-state index contributed by atoms with van der Waals surface area (Å²) in [5, 5.41) is 3.26. The summed E-state index contributed by atoms with van der Waals surface area (Å²) in [7, 11) is 0. The molecule has 1 saturated carbocycles. The quantitative estimate of drug-likeness (QED) is 0.932. The van der Waals surface area contributed by atoms with Crippen LogP contribution < -0.4 is 5.32 Å². The van der Waals surface area contributed by atoms with Crippen LogP contribution in [-0.2, 0) is 6.54 Å². The third-order valence-electron chi connectivity index (χ3n) is 5.74. The summed E-state index contributed by atoms with van der Waals surface area (Å²) in [6.07, 6.45) is 10.8. The van der Waals surface area contributed by atoms with Crippen molar-refractivity contribution in [3.8, 4) is 0 Å². The Kier molecular flexibility index (Phi) is 4.21. The molecule has 0 bridgehead atoms.